The Kier molecular flexibility index (Phi) is 5.96. The van der Waals surface area contributed by atoms with Crippen LogP contribution in [0.15, 0.2) is 35.1 Å². The molecule has 0 saturated heterocycles. The van der Waals surface area contributed by atoms with Gasteiger partial charge >= 0.3 is 35.5 Å². The summed E-state index contributed by atoms with van der Waals surface area (Å²) in [5.41, 5.74) is 1.96. The van der Waals surface area contributed by atoms with Crippen LogP contribution in [-0.2, 0) is 6.54 Å². The molecular weight excluding hydrogens is 277 g/mol. The first-order chi connectivity index (χ1) is 9.49. The van der Waals surface area contributed by atoms with Crippen molar-refractivity contribution in [1.82, 2.24) is 4.57 Å². The Morgan fingerprint density at radius 3 is 2.19 bits per heavy atom. The maximum atomic E-state index is 12.5. The maximum absolute atomic E-state index is 12.5. The molecule has 0 bridgehead atoms. The Balaban J connectivity index is 0.00000220. The quantitative estimate of drug-likeness (QED) is 0.883. The molecule has 1 aromatic heterocycles. The third-order valence-electron chi connectivity index (χ3n) is 3.58. The molecule has 0 amide bonds. The van der Waals surface area contributed by atoms with Crippen molar-refractivity contribution in [2.75, 3.05) is 0 Å². The van der Waals surface area contributed by atoms with Gasteiger partial charge in [0.25, 0.3) is 0 Å². The minimum absolute atomic E-state index is 0. The van der Waals surface area contributed by atoms with E-state index in [1.165, 1.54) is 0 Å². The molecule has 2 rings (SSSR count). The topological polar surface area (TPSA) is 59.3 Å². The molecule has 0 atom stereocenters. The normalized spacial score (nSPS) is 10.0. The monoisotopic (exact) mass is 295 g/mol. The molecule has 2 aromatic rings. The molecule has 1 heterocycles. The molecule has 4 nitrogen and oxygen atoms in total. The molecule has 5 heteroatoms. The third kappa shape index (κ3) is 3.12. The number of carboxylic acid groups (broad SMARTS) is 1. The molecule has 0 unspecified atom stereocenters. The number of carbonyl (C=O) groups is 1. The summed E-state index contributed by atoms with van der Waals surface area (Å²) in [6.07, 6.45) is 0. The van der Waals surface area contributed by atoms with Crippen molar-refractivity contribution in [3.8, 4) is 11.1 Å². The number of carboxylic acids is 1. The van der Waals surface area contributed by atoms with Crippen molar-refractivity contribution in [2.45, 2.75) is 27.3 Å². The van der Waals surface area contributed by atoms with Gasteiger partial charge in [-0.1, -0.05) is 30.3 Å². The summed E-state index contributed by atoms with van der Waals surface area (Å²) >= 11 is 0. The van der Waals surface area contributed by atoms with Crippen LogP contribution in [0, 0.1) is 13.8 Å². The summed E-state index contributed by atoms with van der Waals surface area (Å²) in [6.45, 7) is 6.09. The van der Waals surface area contributed by atoms with Gasteiger partial charge in [-0.3, -0.25) is 4.79 Å². The number of rotatable bonds is 3. The second-order valence-corrected chi connectivity index (χ2v) is 4.67. The van der Waals surface area contributed by atoms with Gasteiger partial charge in [0.1, 0.15) is 5.56 Å². The second-order valence-electron chi connectivity index (χ2n) is 4.67. The average Bonchev–Trinajstić information content (AvgIpc) is 2.39. The molecule has 0 aliphatic carbocycles. The van der Waals surface area contributed by atoms with Crippen molar-refractivity contribution in [3.63, 3.8) is 0 Å². The minimum atomic E-state index is -1.17. The number of nitrogens with zero attached hydrogens (tertiary/aromatic N) is 1. The predicted molar refractivity (Wildman–Crippen MR) is 85.4 cm³/mol. The second kappa shape index (κ2) is 7.07. The first-order valence-electron chi connectivity index (χ1n) is 6.51. The fourth-order valence-corrected chi connectivity index (χ4v) is 2.65. The number of pyridine rings is 1. The van der Waals surface area contributed by atoms with Crippen molar-refractivity contribution >= 4 is 35.5 Å². The Bertz CT molecular complexity index is 721. The number of aromatic carboxylic acids is 1. The number of benzene rings is 1. The number of aromatic nitrogens is 1. The Labute approximate surface area is 145 Å². The van der Waals surface area contributed by atoms with Crippen LogP contribution in [-0.4, -0.2) is 45.2 Å². The number of hydrogen-bond acceptors (Lipinski definition) is 2. The van der Waals surface area contributed by atoms with Crippen molar-refractivity contribution < 1.29 is 9.90 Å². The molecule has 106 valence electrons. The summed E-state index contributed by atoms with van der Waals surface area (Å²) in [7, 11) is 0. The van der Waals surface area contributed by atoms with Gasteiger partial charge in [0, 0.05) is 23.5 Å². The summed E-state index contributed by atoms with van der Waals surface area (Å²) < 4.78 is 1.87. The summed E-state index contributed by atoms with van der Waals surface area (Å²) in [6, 6.07) is 9.19. The molecule has 0 aliphatic rings. The first kappa shape index (κ1) is 17.7. The molecule has 0 spiro atoms. The van der Waals surface area contributed by atoms with Gasteiger partial charge in [0.15, 0.2) is 0 Å². The van der Waals surface area contributed by atoms with Gasteiger partial charge in [0.05, 0.1) is 0 Å². The zero-order valence-electron chi connectivity index (χ0n) is 11.8. The summed E-state index contributed by atoms with van der Waals surface area (Å²) in [5.74, 6) is -1.17. The zero-order valence-corrected chi connectivity index (χ0v) is 11.8. The van der Waals surface area contributed by atoms with Gasteiger partial charge in [0.2, 0.25) is 5.43 Å². The Morgan fingerprint density at radius 1 is 1.14 bits per heavy atom. The van der Waals surface area contributed by atoms with Crippen LogP contribution in [0.1, 0.15) is 28.7 Å². The SMILES string of the molecule is CCn1c(C)c(C(=O)O)c(=O)c(-c2ccccc2)c1C.[NaH]. The van der Waals surface area contributed by atoms with E-state index in [0.717, 1.165) is 11.3 Å². The van der Waals surface area contributed by atoms with E-state index in [2.05, 4.69) is 0 Å². The average molecular weight is 295 g/mol. The van der Waals surface area contributed by atoms with Crippen LogP contribution in [0.25, 0.3) is 11.1 Å². The van der Waals surface area contributed by atoms with E-state index >= 15 is 0 Å². The van der Waals surface area contributed by atoms with Crippen LogP contribution in [0.3, 0.4) is 0 Å². The van der Waals surface area contributed by atoms with E-state index in [1.54, 1.807) is 6.92 Å². The van der Waals surface area contributed by atoms with Crippen LogP contribution in [0.2, 0.25) is 0 Å². The van der Waals surface area contributed by atoms with E-state index in [4.69, 9.17) is 0 Å². The van der Waals surface area contributed by atoms with Crippen LogP contribution >= 0.6 is 0 Å². The van der Waals surface area contributed by atoms with Crippen molar-refractivity contribution in [2.24, 2.45) is 0 Å². The fraction of sp³-hybridized carbons (Fsp3) is 0.250. The molecule has 1 aromatic carbocycles. The molecule has 0 fully saturated rings. The standard InChI is InChI=1S/C16H17NO3.Na.H/c1-4-17-10(2)13(12-8-6-5-7-9-12)15(18)14(11(17)3)16(19)20;;/h5-9H,4H2,1-3H3,(H,19,20);;. The summed E-state index contributed by atoms with van der Waals surface area (Å²) in [5, 5.41) is 9.32. The Hall–Kier alpha value is -1.36. The van der Waals surface area contributed by atoms with Gasteiger partial charge in [-0.15, -0.1) is 0 Å². The first-order valence-corrected chi connectivity index (χ1v) is 6.51. The van der Waals surface area contributed by atoms with E-state index in [0.29, 0.717) is 17.8 Å². The van der Waals surface area contributed by atoms with Crippen LogP contribution in [0.4, 0.5) is 0 Å². The fourth-order valence-electron chi connectivity index (χ4n) is 2.65. The predicted octanol–water partition coefficient (Wildman–Crippen LogP) is 2.20. The van der Waals surface area contributed by atoms with E-state index in [-0.39, 0.29) is 35.1 Å². The summed E-state index contributed by atoms with van der Waals surface area (Å²) in [4.78, 5) is 23.9. The third-order valence-corrected chi connectivity index (χ3v) is 3.58. The van der Waals surface area contributed by atoms with Gasteiger partial charge in [-0.2, -0.15) is 0 Å². The molecule has 0 radical (unpaired) electrons. The van der Waals surface area contributed by atoms with Crippen LogP contribution in [0.5, 0.6) is 0 Å². The molecule has 0 aliphatic heterocycles. The Morgan fingerprint density at radius 2 is 1.71 bits per heavy atom. The van der Waals surface area contributed by atoms with Gasteiger partial charge in [-0.05, 0) is 26.3 Å². The molecular formula is C16H18NNaO3. The van der Waals surface area contributed by atoms with E-state index in [1.807, 2.05) is 48.7 Å². The van der Waals surface area contributed by atoms with Crippen LogP contribution < -0.4 is 5.43 Å². The van der Waals surface area contributed by atoms with Gasteiger partial charge < -0.3 is 9.67 Å². The van der Waals surface area contributed by atoms with Crippen molar-refractivity contribution in [3.05, 3.63) is 57.5 Å². The molecule has 21 heavy (non-hydrogen) atoms. The number of hydrogen-bond donors (Lipinski definition) is 1. The van der Waals surface area contributed by atoms with E-state index < -0.39 is 11.4 Å². The zero-order chi connectivity index (χ0) is 14.9. The van der Waals surface area contributed by atoms with Gasteiger partial charge in [-0.25, -0.2) is 4.79 Å². The molecule has 0 saturated carbocycles. The molecule has 1 N–H and O–H groups in total. The van der Waals surface area contributed by atoms with Crippen molar-refractivity contribution in [1.29, 1.82) is 0 Å². The van der Waals surface area contributed by atoms with E-state index in [9.17, 15) is 14.7 Å².